The van der Waals surface area contributed by atoms with Gasteiger partial charge in [0.15, 0.2) is 0 Å². The van der Waals surface area contributed by atoms with Crippen molar-refractivity contribution in [3.63, 3.8) is 0 Å². The second kappa shape index (κ2) is 6.95. The summed E-state index contributed by atoms with van der Waals surface area (Å²) in [6.07, 6.45) is 3.88. The minimum Gasteiger partial charge on any atom is -0.399 e. The zero-order chi connectivity index (χ0) is 14.3. The average Bonchev–Trinajstić information content (AvgIpc) is 2.34. The zero-order valence-electron chi connectivity index (χ0n) is 11.5. The van der Waals surface area contributed by atoms with E-state index in [1.165, 1.54) is 6.08 Å². The van der Waals surface area contributed by atoms with Gasteiger partial charge in [0.25, 0.3) is 0 Å². The summed E-state index contributed by atoms with van der Waals surface area (Å²) in [6.45, 7) is 4.67. The Kier molecular flexibility index (Phi) is 5.57. The number of nitrogen functional groups attached to an aromatic ring is 1. The quantitative estimate of drug-likeness (QED) is 0.540. The molecule has 0 saturated heterocycles. The lowest BCUT2D eigenvalue weighted by Crippen LogP contribution is -2.33. The standard InChI is InChI=1S/C15H22N2O2/c1-15(2,8-9-18)11-17-14(19)7-6-12-4-3-5-13(16)10-12/h3-7,10,18H,8-9,11,16H2,1-2H3,(H,17,19)/b7-6+. The molecule has 0 aliphatic rings. The maximum absolute atomic E-state index is 11.7. The first kappa shape index (κ1) is 15.2. The first-order valence-electron chi connectivity index (χ1n) is 6.35. The van der Waals surface area contributed by atoms with Crippen molar-refractivity contribution in [2.24, 2.45) is 5.41 Å². The number of benzene rings is 1. The Labute approximate surface area is 114 Å². The van der Waals surface area contributed by atoms with E-state index in [2.05, 4.69) is 5.32 Å². The molecule has 0 unspecified atom stereocenters. The predicted octanol–water partition coefficient (Wildman–Crippen LogP) is 1.81. The Morgan fingerprint density at radius 2 is 2.21 bits per heavy atom. The molecule has 0 heterocycles. The number of nitrogens with two attached hydrogens (primary N) is 1. The SMILES string of the molecule is CC(C)(CCO)CNC(=O)/C=C/c1cccc(N)c1. The van der Waals surface area contributed by atoms with Crippen LogP contribution in [0.3, 0.4) is 0 Å². The number of carbonyl (C=O) groups excluding carboxylic acids is 1. The Hall–Kier alpha value is -1.81. The second-order valence-electron chi connectivity index (χ2n) is 5.36. The van der Waals surface area contributed by atoms with Gasteiger partial charge in [-0.1, -0.05) is 26.0 Å². The second-order valence-corrected chi connectivity index (χ2v) is 5.36. The fourth-order valence-corrected chi connectivity index (χ4v) is 1.61. The van der Waals surface area contributed by atoms with Gasteiger partial charge in [0.1, 0.15) is 0 Å². The number of anilines is 1. The van der Waals surface area contributed by atoms with Gasteiger partial charge in [-0.25, -0.2) is 0 Å². The highest BCUT2D eigenvalue weighted by Gasteiger charge is 2.17. The largest absolute Gasteiger partial charge is 0.399 e. The lowest BCUT2D eigenvalue weighted by molar-refractivity contribution is -0.116. The molecule has 0 aliphatic carbocycles. The lowest BCUT2D eigenvalue weighted by Gasteiger charge is -2.23. The van der Waals surface area contributed by atoms with Crippen molar-refractivity contribution in [2.45, 2.75) is 20.3 Å². The Balaban J connectivity index is 2.47. The normalized spacial score (nSPS) is 11.7. The van der Waals surface area contributed by atoms with Crippen molar-refractivity contribution >= 4 is 17.7 Å². The van der Waals surface area contributed by atoms with E-state index in [1.54, 1.807) is 18.2 Å². The third-order valence-corrected chi connectivity index (χ3v) is 2.87. The maximum Gasteiger partial charge on any atom is 0.244 e. The highest BCUT2D eigenvalue weighted by molar-refractivity contribution is 5.91. The first-order valence-corrected chi connectivity index (χ1v) is 6.35. The van der Waals surface area contributed by atoms with Crippen LogP contribution in [-0.2, 0) is 4.79 Å². The number of nitrogens with one attached hydrogen (secondary N) is 1. The molecule has 0 bridgehead atoms. The van der Waals surface area contributed by atoms with Crippen LogP contribution in [0.2, 0.25) is 0 Å². The number of hydrogen-bond acceptors (Lipinski definition) is 3. The Morgan fingerprint density at radius 1 is 1.47 bits per heavy atom. The summed E-state index contributed by atoms with van der Waals surface area (Å²) in [5, 5.41) is 11.7. The smallest absolute Gasteiger partial charge is 0.244 e. The topological polar surface area (TPSA) is 75.3 Å². The van der Waals surface area contributed by atoms with E-state index >= 15 is 0 Å². The fourth-order valence-electron chi connectivity index (χ4n) is 1.61. The van der Waals surface area contributed by atoms with Crippen molar-refractivity contribution in [3.05, 3.63) is 35.9 Å². The van der Waals surface area contributed by atoms with E-state index in [0.29, 0.717) is 18.7 Å². The highest BCUT2D eigenvalue weighted by Crippen LogP contribution is 2.17. The van der Waals surface area contributed by atoms with Crippen LogP contribution in [0.15, 0.2) is 30.3 Å². The summed E-state index contributed by atoms with van der Waals surface area (Å²) >= 11 is 0. The van der Waals surface area contributed by atoms with E-state index in [1.807, 2.05) is 26.0 Å². The minimum absolute atomic E-state index is 0.102. The van der Waals surface area contributed by atoms with Crippen LogP contribution in [0.1, 0.15) is 25.8 Å². The number of rotatable bonds is 6. The molecule has 0 fully saturated rings. The van der Waals surface area contributed by atoms with Crippen molar-refractivity contribution in [1.29, 1.82) is 0 Å². The van der Waals surface area contributed by atoms with Crippen molar-refractivity contribution in [1.82, 2.24) is 5.32 Å². The van der Waals surface area contributed by atoms with Gasteiger partial charge in [-0.2, -0.15) is 0 Å². The number of aliphatic hydroxyl groups excluding tert-OH is 1. The van der Waals surface area contributed by atoms with Gasteiger partial charge in [0, 0.05) is 24.9 Å². The van der Waals surface area contributed by atoms with Crippen LogP contribution in [-0.4, -0.2) is 24.2 Å². The minimum atomic E-state index is -0.145. The molecule has 4 heteroatoms. The molecule has 0 spiro atoms. The van der Waals surface area contributed by atoms with Crippen LogP contribution >= 0.6 is 0 Å². The molecule has 0 saturated carbocycles. The molecule has 0 aliphatic heterocycles. The Morgan fingerprint density at radius 3 is 2.84 bits per heavy atom. The highest BCUT2D eigenvalue weighted by atomic mass is 16.3. The van der Waals surface area contributed by atoms with Crippen molar-refractivity contribution < 1.29 is 9.90 Å². The molecule has 1 amide bonds. The van der Waals surface area contributed by atoms with Crippen LogP contribution in [0, 0.1) is 5.41 Å². The molecule has 4 N–H and O–H groups in total. The molecule has 0 radical (unpaired) electrons. The van der Waals surface area contributed by atoms with Gasteiger partial charge in [0.2, 0.25) is 5.91 Å². The number of amides is 1. The third kappa shape index (κ3) is 6.06. The van der Waals surface area contributed by atoms with Crippen LogP contribution in [0.5, 0.6) is 0 Å². The Bertz CT molecular complexity index is 453. The summed E-state index contributed by atoms with van der Waals surface area (Å²) in [5.41, 5.74) is 7.12. The number of aliphatic hydroxyl groups is 1. The van der Waals surface area contributed by atoms with E-state index in [4.69, 9.17) is 10.8 Å². The summed E-state index contributed by atoms with van der Waals surface area (Å²) in [5.74, 6) is -0.145. The fraction of sp³-hybridized carbons (Fsp3) is 0.400. The van der Waals surface area contributed by atoms with E-state index < -0.39 is 0 Å². The molecule has 1 rings (SSSR count). The predicted molar refractivity (Wildman–Crippen MR) is 78.4 cm³/mol. The van der Waals surface area contributed by atoms with E-state index in [0.717, 1.165) is 5.56 Å². The molecule has 19 heavy (non-hydrogen) atoms. The third-order valence-electron chi connectivity index (χ3n) is 2.87. The average molecular weight is 262 g/mol. The molecule has 104 valence electrons. The van der Waals surface area contributed by atoms with E-state index in [-0.39, 0.29) is 17.9 Å². The van der Waals surface area contributed by atoms with Gasteiger partial charge in [-0.15, -0.1) is 0 Å². The number of hydrogen-bond donors (Lipinski definition) is 3. The summed E-state index contributed by atoms with van der Waals surface area (Å²) < 4.78 is 0. The van der Waals surface area contributed by atoms with Crippen LogP contribution in [0.25, 0.3) is 6.08 Å². The summed E-state index contributed by atoms with van der Waals surface area (Å²) in [4.78, 5) is 11.7. The lowest BCUT2D eigenvalue weighted by atomic mass is 9.90. The van der Waals surface area contributed by atoms with E-state index in [9.17, 15) is 4.79 Å². The molecular formula is C15H22N2O2. The maximum atomic E-state index is 11.7. The van der Waals surface area contributed by atoms with Gasteiger partial charge in [-0.3, -0.25) is 4.79 Å². The van der Waals surface area contributed by atoms with Gasteiger partial charge >= 0.3 is 0 Å². The summed E-state index contributed by atoms with van der Waals surface area (Å²) in [7, 11) is 0. The monoisotopic (exact) mass is 262 g/mol. The molecule has 0 aromatic heterocycles. The van der Waals surface area contributed by atoms with Crippen molar-refractivity contribution in [3.8, 4) is 0 Å². The van der Waals surface area contributed by atoms with Gasteiger partial charge in [0.05, 0.1) is 0 Å². The molecule has 1 aromatic rings. The molecule has 4 nitrogen and oxygen atoms in total. The van der Waals surface area contributed by atoms with Crippen molar-refractivity contribution in [2.75, 3.05) is 18.9 Å². The first-order chi connectivity index (χ1) is 8.93. The summed E-state index contributed by atoms with van der Waals surface area (Å²) in [6, 6.07) is 7.33. The number of carbonyl (C=O) groups is 1. The van der Waals surface area contributed by atoms with Crippen LogP contribution in [0.4, 0.5) is 5.69 Å². The van der Waals surface area contributed by atoms with Crippen LogP contribution < -0.4 is 11.1 Å². The van der Waals surface area contributed by atoms with Gasteiger partial charge < -0.3 is 16.2 Å². The molecule has 0 atom stereocenters. The molecule has 1 aromatic carbocycles. The zero-order valence-corrected chi connectivity index (χ0v) is 11.5. The van der Waals surface area contributed by atoms with Gasteiger partial charge in [-0.05, 0) is 35.6 Å². The molecular weight excluding hydrogens is 240 g/mol.